The third-order valence-electron chi connectivity index (χ3n) is 4.00. The van der Waals surface area contributed by atoms with Crippen LogP contribution in [0.2, 0.25) is 6.55 Å². The van der Waals surface area contributed by atoms with Gasteiger partial charge in [0.05, 0.1) is 0 Å². The summed E-state index contributed by atoms with van der Waals surface area (Å²) in [5, 5.41) is 2.62. The fourth-order valence-corrected chi connectivity index (χ4v) is 6.08. The van der Waals surface area contributed by atoms with E-state index >= 15 is 0 Å². The molecular formula is C20H20Si. The molecule has 0 aliphatic carbocycles. The lowest BCUT2D eigenvalue weighted by molar-refractivity contribution is 1.33. The third kappa shape index (κ3) is 2.98. The highest BCUT2D eigenvalue weighted by Crippen LogP contribution is 2.13. The molecule has 0 bridgehead atoms. The second-order valence-electron chi connectivity index (χ2n) is 5.49. The minimum atomic E-state index is -2.18. The van der Waals surface area contributed by atoms with Gasteiger partial charge in [-0.3, -0.25) is 0 Å². The van der Waals surface area contributed by atoms with Crippen molar-refractivity contribution >= 4 is 18.4 Å². The molecule has 0 saturated carbocycles. The van der Waals surface area contributed by atoms with Gasteiger partial charge in [-0.1, -0.05) is 113 Å². The normalized spacial score (nSPS) is 13.5. The molecule has 1 atom stereocenters. The predicted octanol–water partition coefficient (Wildman–Crippen LogP) is 3.66. The van der Waals surface area contributed by atoms with Gasteiger partial charge in [-0.2, -0.15) is 0 Å². The first kappa shape index (κ1) is 12.6. The zero-order valence-electron chi connectivity index (χ0n) is 13.2. The van der Waals surface area contributed by atoms with Gasteiger partial charge in [0.25, 0.3) is 0 Å². The molecule has 0 nitrogen and oxygen atoms in total. The monoisotopic (exact) mass is 289 g/mol. The van der Waals surface area contributed by atoms with Gasteiger partial charge in [-0.25, -0.2) is 0 Å². The van der Waals surface area contributed by atoms with Crippen molar-refractivity contribution in [3.05, 3.63) is 96.6 Å². The minimum Gasteiger partial charge on any atom is -0.0626 e. The first-order valence-corrected chi connectivity index (χ1v) is 9.89. The molecule has 1 heteroatoms. The number of benzene rings is 3. The molecule has 0 aromatic heterocycles. The lowest BCUT2D eigenvalue weighted by Gasteiger charge is -2.29. The predicted molar refractivity (Wildman–Crippen MR) is 93.9 cm³/mol. The van der Waals surface area contributed by atoms with E-state index in [2.05, 4.69) is 67.2 Å². The van der Waals surface area contributed by atoms with E-state index in [1.165, 1.54) is 10.4 Å². The maximum atomic E-state index is 9.00. The lowest BCUT2D eigenvalue weighted by atomic mass is 10.2. The Morgan fingerprint density at radius 3 is 1.48 bits per heavy atom. The summed E-state index contributed by atoms with van der Waals surface area (Å²) in [5.74, 6) is 0. The van der Waals surface area contributed by atoms with E-state index in [1.807, 2.05) is 30.3 Å². The summed E-state index contributed by atoms with van der Waals surface area (Å²) in [5.41, 5.74) is 1.10. The van der Waals surface area contributed by atoms with Gasteiger partial charge in [0.1, 0.15) is 8.07 Å². The van der Waals surface area contributed by atoms with Crippen LogP contribution in [0.4, 0.5) is 0 Å². The maximum absolute atomic E-state index is 9.00. The highest BCUT2D eigenvalue weighted by molar-refractivity contribution is 7.00. The highest BCUT2D eigenvalue weighted by atomic mass is 28.3. The molecule has 0 radical (unpaired) electrons. The van der Waals surface area contributed by atoms with E-state index in [9.17, 15) is 0 Å². The van der Waals surface area contributed by atoms with Crippen LogP contribution in [0.1, 0.15) is 6.93 Å². The van der Waals surface area contributed by atoms with Gasteiger partial charge >= 0.3 is 0 Å². The summed E-state index contributed by atoms with van der Waals surface area (Å²) in [4.78, 5) is 0. The Morgan fingerprint density at radius 2 is 1.05 bits per heavy atom. The van der Waals surface area contributed by atoms with Crippen molar-refractivity contribution in [2.75, 3.05) is 0 Å². The van der Waals surface area contributed by atoms with E-state index in [1.54, 1.807) is 0 Å². The molecule has 0 spiro atoms. The van der Waals surface area contributed by atoms with Crippen LogP contribution in [0.25, 0.3) is 0 Å². The van der Waals surface area contributed by atoms with Crippen molar-refractivity contribution in [3.63, 3.8) is 0 Å². The molecule has 1 unspecified atom stereocenters. The largest absolute Gasteiger partial charge is 0.119 e. The molecule has 0 N–H and O–H groups in total. The zero-order chi connectivity index (χ0) is 15.4. The van der Waals surface area contributed by atoms with Crippen molar-refractivity contribution in [1.82, 2.24) is 0 Å². The molecule has 21 heavy (non-hydrogen) atoms. The van der Waals surface area contributed by atoms with Crippen LogP contribution in [0.5, 0.6) is 0 Å². The summed E-state index contributed by atoms with van der Waals surface area (Å²) >= 11 is 0. The molecule has 3 aromatic rings. The zero-order valence-corrected chi connectivity index (χ0v) is 13.2. The Kier molecular flexibility index (Phi) is 3.67. The van der Waals surface area contributed by atoms with Crippen LogP contribution in [0, 0.1) is 0 Å². The van der Waals surface area contributed by atoms with E-state index in [-0.39, 0.29) is 6.02 Å². The quantitative estimate of drug-likeness (QED) is 0.643. The fourth-order valence-electron chi connectivity index (χ4n) is 2.78. The first-order chi connectivity index (χ1) is 10.7. The van der Waals surface area contributed by atoms with Crippen LogP contribution in [0.3, 0.4) is 0 Å². The van der Waals surface area contributed by atoms with Crippen molar-refractivity contribution in [2.45, 2.75) is 12.6 Å². The maximum Gasteiger partial charge on any atom is 0.119 e. The van der Waals surface area contributed by atoms with Gasteiger partial charge in [0, 0.05) is 1.37 Å². The second kappa shape index (κ2) is 6.11. The Bertz CT molecular complexity index is 671. The number of hydrogen-bond donors (Lipinski definition) is 0. The highest BCUT2D eigenvalue weighted by Gasteiger charge is 2.31. The molecule has 0 aliphatic heterocycles. The molecule has 0 fully saturated rings. The van der Waals surface area contributed by atoms with Crippen molar-refractivity contribution in [3.8, 4) is 0 Å². The number of rotatable bonds is 4. The van der Waals surface area contributed by atoms with Crippen molar-refractivity contribution in [2.24, 2.45) is 0 Å². The standard InChI is InChI=1S/C20H20Si/c1-21(19-13-7-3-8-14-19,20-15-9-4-10-16-20)17-18-11-5-2-6-12-18/h2-16H,17H2,1H3/i17D. The van der Waals surface area contributed by atoms with Gasteiger partial charge in [-0.15, -0.1) is 0 Å². The Balaban J connectivity index is 2.16. The molecule has 104 valence electrons. The molecule has 0 aliphatic rings. The van der Waals surface area contributed by atoms with E-state index in [0.29, 0.717) is 0 Å². The van der Waals surface area contributed by atoms with Gasteiger partial charge < -0.3 is 0 Å². The Labute approximate surface area is 129 Å². The van der Waals surface area contributed by atoms with Crippen molar-refractivity contribution < 1.29 is 1.37 Å². The third-order valence-corrected chi connectivity index (χ3v) is 7.98. The fraction of sp³-hybridized carbons (Fsp3) is 0.100. The average molecular weight is 289 g/mol. The average Bonchev–Trinajstić information content (AvgIpc) is 2.62. The molecule has 0 amide bonds. The van der Waals surface area contributed by atoms with E-state index < -0.39 is 8.07 Å². The lowest BCUT2D eigenvalue weighted by Crippen LogP contribution is -2.57. The van der Waals surface area contributed by atoms with Crippen LogP contribution in [-0.4, -0.2) is 8.07 Å². The first-order valence-electron chi connectivity index (χ1n) is 7.89. The molecule has 3 rings (SSSR count). The topological polar surface area (TPSA) is 0 Å². The van der Waals surface area contributed by atoms with Crippen LogP contribution in [0.15, 0.2) is 91.0 Å². The molecule has 0 saturated heterocycles. The van der Waals surface area contributed by atoms with E-state index in [0.717, 1.165) is 5.56 Å². The second-order valence-corrected chi connectivity index (χ2v) is 9.34. The Morgan fingerprint density at radius 1 is 0.667 bits per heavy atom. The smallest absolute Gasteiger partial charge is 0.0626 e. The molecule has 3 aromatic carbocycles. The van der Waals surface area contributed by atoms with E-state index in [4.69, 9.17) is 1.37 Å². The molecule has 0 heterocycles. The van der Waals surface area contributed by atoms with Crippen LogP contribution in [-0.2, 0) is 6.02 Å². The van der Waals surface area contributed by atoms with Gasteiger partial charge in [0.2, 0.25) is 0 Å². The van der Waals surface area contributed by atoms with Crippen LogP contribution < -0.4 is 10.4 Å². The van der Waals surface area contributed by atoms with Crippen LogP contribution >= 0.6 is 0 Å². The minimum absolute atomic E-state index is 0.224. The summed E-state index contributed by atoms with van der Waals surface area (Å²) in [6.07, 6.45) is 0. The SMILES string of the molecule is [2H]C(c1ccccc1)[Si](C)(c1ccccc1)c1ccccc1. The summed E-state index contributed by atoms with van der Waals surface area (Å²) < 4.78 is 9.00. The Hall–Kier alpha value is -2.12. The molecular weight excluding hydrogens is 268 g/mol. The van der Waals surface area contributed by atoms with Gasteiger partial charge in [0.15, 0.2) is 0 Å². The summed E-state index contributed by atoms with van der Waals surface area (Å²) in [6, 6.07) is 31.2. The van der Waals surface area contributed by atoms with Gasteiger partial charge in [-0.05, 0) is 6.02 Å². The van der Waals surface area contributed by atoms with Crippen molar-refractivity contribution in [1.29, 1.82) is 0 Å². The summed E-state index contributed by atoms with van der Waals surface area (Å²) in [6.45, 7) is 2.31. The number of hydrogen-bond acceptors (Lipinski definition) is 0. The summed E-state index contributed by atoms with van der Waals surface area (Å²) in [7, 11) is -2.18.